The van der Waals surface area contributed by atoms with Crippen molar-refractivity contribution in [1.29, 1.82) is 0 Å². The van der Waals surface area contributed by atoms with E-state index in [0.29, 0.717) is 6.04 Å². The molecule has 1 saturated carbocycles. The molecule has 0 amide bonds. The zero-order valence-electron chi connectivity index (χ0n) is 12.6. The maximum absolute atomic E-state index is 3.76. The van der Waals surface area contributed by atoms with Crippen molar-refractivity contribution in [2.75, 3.05) is 6.54 Å². The molecule has 0 heterocycles. The van der Waals surface area contributed by atoms with Gasteiger partial charge in [-0.25, -0.2) is 0 Å². The minimum absolute atomic E-state index is 0.700. The molecule has 1 fully saturated rings. The third kappa shape index (κ3) is 4.07. The average Bonchev–Trinajstić information content (AvgIpc) is 2.47. The van der Waals surface area contributed by atoms with Crippen LogP contribution in [0.1, 0.15) is 69.4 Å². The molecule has 0 spiro atoms. The van der Waals surface area contributed by atoms with Crippen molar-refractivity contribution in [3.8, 4) is 0 Å². The Kier molecular flexibility index (Phi) is 5.91. The fraction of sp³-hybridized carbons (Fsp3) is 0.667. The molecule has 19 heavy (non-hydrogen) atoms. The van der Waals surface area contributed by atoms with E-state index >= 15 is 0 Å². The lowest BCUT2D eigenvalue weighted by Crippen LogP contribution is -2.37. The Labute approximate surface area is 118 Å². The molecule has 2 unspecified atom stereocenters. The largest absolute Gasteiger partial charge is 0.313 e. The summed E-state index contributed by atoms with van der Waals surface area (Å²) in [6.07, 6.45) is 9.18. The molecule has 1 aromatic carbocycles. The van der Waals surface area contributed by atoms with Crippen molar-refractivity contribution < 1.29 is 0 Å². The minimum atomic E-state index is 0.700. The SMILES string of the molecule is CCCNC1CCCCC1c1ccc(CCC)cc1. The molecule has 2 rings (SSSR count). The van der Waals surface area contributed by atoms with E-state index in [2.05, 4.69) is 43.4 Å². The van der Waals surface area contributed by atoms with Gasteiger partial charge in [-0.2, -0.15) is 0 Å². The standard InChI is InChI=1S/C18H29N/c1-3-7-15-10-12-16(13-11-15)17-8-5-6-9-18(17)19-14-4-2/h10-13,17-19H,3-9,14H2,1-2H3. The van der Waals surface area contributed by atoms with E-state index < -0.39 is 0 Å². The van der Waals surface area contributed by atoms with Crippen LogP contribution in [-0.4, -0.2) is 12.6 Å². The van der Waals surface area contributed by atoms with Gasteiger partial charge >= 0.3 is 0 Å². The summed E-state index contributed by atoms with van der Waals surface area (Å²) in [6, 6.07) is 10.1. The van der Waals surface area contributed by atoms with Crippen molar-refractivity contribution in [3.63, 3.8) is 0 Å². The summed E-state index contributed by atoms with van der Waals surface area (Å²) in [7, 11) is 0. The fourth-order valence-corrected chi connectivity index (χ4v) is 3.32. The lowest BCUT2D eigenvalue weighted by molar-refractivity contribution is 0.328. The van der Waals surface area contributed by atoms with Gasteiger partial charge in [-0.15, -0.1) is 0 Å². The highest BCUT2D eigenvalue weighted by molar-refractivity contribution is 5.27. The normalized spacial score (nSPS) is 23.5. The molecule has 0 bridgehead atoms. The van der Waals surface area contributed by atoms with Gasteiger partial charge in [-0.1, -0.05) is 57.4 Å². The Morgan fingerprint density at radius 3 is 2.42 bits per heavy atom. The molecular formula is C18H29N. The van der Waals surface area contributed by atoms with Crippen LogP contribution in [0.25, 0.3) is 0 Å². The number of benzene rings is 1. The molecular weight excluding hydrogens is 230 g/mol. The minimum Gasteiger partial charge on any atom is -0.313 e. The van der Waals surface area contributed by atoms with Crippen LogP contribution < -0.4 is 5.32 Å². The topological polar surface area (TPSA) is 12.0 Å². The molecule has 106 valence electrons. The summed E-state index contributed by atoms with van der Waals surface area (Å²) >= 11 is 0. The van der Waals surface area contributed by atoms with Gasteiger partial charge in [0, 0.05) is 6.04 Å². The second-order valence-corrected chi connectivity index (χ2v) is 5.94. The summed E-state index contributed by atoms with van der Waals surface area (Å²) < 4.78 is 0. The zero-order chi connectivity index (χ0) is 13.5. The van der Waals surface area contributed by atoms with Crippen LogP contribution in [0, 0.1) is 0 Å². The Bertz CT molecular complexity index is 354. The van der Waals surface area contributed by atoms with E-state index in [1.807, 2.05) is 0 Å². The molecule has 1 aliphatic carbocycles. The summed E-state index contributed by atoms with van der Waals surface area (Å²) in [5.74, 6) is 0.732. The highest BCUT2D eigenvalue weighted by atomic mass is 14.9. The van der Waals surface area contributed by atoms with Crippen molar-refractivity contribution in [1.82, 2.24) is 5.32 Å². The predicted octanol–water partition coefficient (Wildman–Crippen LogP) is 4.66. The van der Waals surface area contributed by atoms with Gasteiger partial charge in [0.25, 0.3) is 0 Å². The summed E-state index contributed by atoms with van der Waals surface area (Å²) in [5.41, 5.74) is 3.04. The first-order chi connectivity index (χ1) is 9.35. The summed E-state index contributed by atoms with van der Waals surface area (Å²) in [4.78, 5) is 0. The maximum atomic E-state index is 3.76. The Balaban J connectivity index is 2.03. The maximum Gasteiger partial charge on any atom is 0.0136 e. The third-order valence-electron chi connectivity index (χ3n) is 4.37. The van der Waals surface area contributed by atoms with Crippen molar-refractivity contribution in [2.45, 2.75) is 70.8 Å². The number of aryl methyl sites for hydroxylation is 1. The Morgan fingerprint density at radius 2 is 1.74 bits per heavy atom. The molecule has 1 aliphatic rings. The van der Waals surface area contributed by atoms with E-state index in [1.165, 1.54) is 50.5 Å². The quantitative estimate of drug-likeness (QED) is 0.783. The van der Waals surface area contributed by atoms with Crippen LogP contribution in [0.3, 0.4) is 0 Å². The highest BCUT2D eigenvalue weighted by Gasteiger charge is 2.25. The lowest BCUT2D eigenvalue weighted by atomic mass is 9.79. The molecule has 1 aromatic rings. The Hall–Kier alpha value is -0.820. The smallest absolute Gasteiger partial charge is 0.0136 e. The van der Waals surface area contributed by atoms with Crippen molar-refractivity contribution in [3.05, 3.63) is 35.4 Å². The molecule has 0 saturated heterocycles. The lowest BCUT2D eigenvalue weighted by Gasteiger charge is -2.33. The van der Waals surface area contributed by atoms with Crippen LogP contribution >= 0.6 is 0 Å². The number of nitrogens with one attached hydrogen (secondary N) is 1. The molecule has 1 heteroatoms. The van der Waals surface area contributed by atoms with Gasteiger partial charge in [-0.3, -0.25) is 0 Å². The first-order valence-electron chi connectivity index (χ1n) is 8.17. The van der Waals surface area contributed by atoms with Crippen LogP contribution in [-0.2, 0) is 6.42 Å². The van der Waals surface area contributed by atoms with Crippen LogP contribution in [0.4, 0.5) is 0 Å². The monoisotopic (exact) mass is 259 g/mol. The van der Waals surface area contributed by atoms with Gasteiger partial charge in [-0.05, 0) is 49.3 Å². The fourth-order valence-electron chi connectivity index (χ4n) is 3.32. The first kappa shape index (κ1) is 14.6. The second-order valence-electron chi connectivity index (χ2n) is 5.94. The average molecular weight is 259 g/mol. The molecule has 0 radical (unpaired) electrons. The van der Waals surface area contributed by atoms with E-state index in [9.17, 15) is 0 Å². The summed E-state index contributed by atoms with van der Waals surface area (Å²) in [6.45, 7) is 5.67. The number of rotatable bonds is 6. The van der Waals surface area contributed by atoms with E-state index in [0.717, 1.165) is 12.5 Å². The molecule has 2 atom stereocenters. The van der Waals surface area contributed by atoms with Gasteiger partial charge in [0.1, 0.15) is 0 Å². The molecule has 1 nitrogen and oxygen atoms in total. The number of hydrogen-bond donors (Lipinski definition) is 1. The van der Waals surface area contributed by atoms with Crippen LogP contribution in [0.15, 0.2) is 24.3 Å². The van der Waals surface area contributed by atoms with E-state index in [4.69, 9.17) is 0 Å². The third-order valence-corrected chi connectivity index (χ3v) is 4.37. The zero-order valence-corrected chi connectivity index (χ0v) is 12.6. The van der Waals surface area contributed by atoms with E-state index in [-0.39, 0.29) is 0 Å². The van der Waals surface area contributed by atoms with Crippen molar-refractivity contribution >= 4 is 0 Å². The van der Waals surface area contributed by atoms with Gasteiger partial charge in [0.15, 0.2) is 0 Å². The van der Waals surface area contributed by atoms with E-state index in [1.54, 1.807) is 5.56 Å². The first-order valence-corrected chi connectivity index (χ1v) is 8.17. The molecule has 1 N–H and O–H groups in total. The van der Waals surface area contributed by atoms with Crippen LogP contribution in [0.2, 0.25) is 0 Å². The van der Waals surface area contributed by atoms with Gasteiger partial charge in [0.2, 0.25) is 0 Å². The highest BCUT2D eigenvalue weighted by Crippen LogP contribution is 2.33. The predicted molar refractivity (Wildman–Crippen MR) is 83.7 cm³/mol. The van der Waals surface area contributed by atoms with Crippen LogP contribution in [0.5, 0.6) is 0 Å². The molecule has 0 aromatic heterocycles. The summed E-state index contributed by atoms with van der Waals surface area (Å²) in [5, 5.41) is 3.76. The number of hydrogen-bond acceptors (Lipinski definition) is 1. The van der Waals surface area contributed by atoms with Gasteiger partial charge < -0.3 is 5.32 Å². The van der Waals surface area contributed by atoms with Crippen molar-refractivity contribution in [2.24, 2.45) is 0 Å². The second kappa shape index (κ2) is 7.69. The Morgan fingerprint density at radius 1 is 1.00 bits per heavy atom. The van der Waals surface area contributed by atoms with Gasteiger partial charge in [0.05, 0.1) is 0 Å². The molecule has 0 aliphatic heterocycles.